The highest BCUT2D eigenvalue weighted by molar-refractivity contribution is 14.0. The van der Waals surface area contributed by atoms with Crippen LogP contribution in [0.4, 0.5) is 4.39 Å². The summed E-state index contributed by atoms with van der Waals surface area (Å²) >= 11 is 3.22. The van der Waals surface area contributed by atoms with E-state index in [1.165, 1.54) is 6.07 Å². The lowest BCUT2D eigenvalue weighted by atomic mass is 9.95. The molecule has 1 saturated carbocycles. The zero-order valence-electron chi connectivity index (χ0n) is 16.0. The van der Waals surface area contributed by atoms with Crippen molar-refractivity contribution >= 4 is 56.7 Å². The Morgan fingerprint density at radius 1 is 1.37 bits per heavy atom. The number of hydrogen-bond acceptors (Lipinski definition) is 2. The Kier molecular flexibility index (Phi) is 12.0. The van der Waals surface area contributed by atoms with E-state index in [2.05, 4.69) is 31.6 Å². The van der Waals surface area contributed by atoms with E-state index >= 15 is 0 Å². The Morgan fingerprint density at radius 3 is 2.81 bits per heavy atom. The molecule has 0 amide bonds. The lowest BCUT2D eigenvalue weighted by Crippen LogP contribution is -2.46. The molecule has 1 fully saturated rings. The second kappa shape index (κ2) is 13.1. The maximum Gasteiger partial charge on any atom is 0.191 e. The number of guanidine groups is 1. The molecule has 0 spiro atoms. The van der Waals surface area contributed by atoms with Gasteiger partial charge in [-0.2, -0.15) is 0 Å². The van der Waals surface area contributed by atoms with Gasteiger partial charge in [0.15, 0.2) is 5.96 Å². The van der Waals surface area contributed by atoms with Gasteiger partial charge in [0.2, 0.25) is 0 Å². The molecule has 2 rings (SSSR count). The summed E-state index contributed by atoms with van der Waals surface area (Å²) in [6.45, 7) is 5.46. The average molecular weight is 574 g/mol. The molecule has 4 nitrogen and oxygen atoms in total. The van der Waals surface area contributed by atoms with Gasteiger partial charge in [-0.25, -0.2) is 4.39 Å². The fraction of sp³-hybridized carbons (Fsp3) is 0.632. The SMILES string of the molecule is CCNC(=NCCc1ccc(F)c(Br)c1)NC1CCCC(S(=O)CC)C1.I. The van der Waals surface area contributed by atoms with Crippen LogP contribution in [-0.2, 0) is 17.2 Å². The number of nitrogens with one attached hydrogen (secondary N) is 2. The minimum absolute atomic E-state index is 0. The van der Waals surface area contributed by atoms with Crippen LogP contribution in [0.15, 0.2) is 27.7 Å². The molecule has 2 N–H and O–H groups in total. The maximum absolute atomic E-state index is 13.3. The Balaban J connectivity index is 0.00000364. The number of aliphatic imine (C=N–C) groups is 1. The van der Waals surface area contributed by atoms with E-state index in [0.29, 0.717) is 22.3 Å². The van der Waals surface area contributed by atoms with Gasteiger partial charge in [-0.15, -0.1) is 24.0 Å². The number of hydrogen-bond donors (Lipinski definition) is 2. The summed E-state index contributed by atoms with van der Waals surface area (Å²) in [6, 6.07) is 5.39. The molecule has 1 aromatic carbocycles. The molecule has 0 heterocycles. The molecule has 1 aliphatic carbocycles. The van der Waals surface area contributed by atoms with Crippen LogP contribution >= 0.6 is 39.9 Å². The third-order valence-corrected chi connectivity index (χ3v) is 6.97. The zero-order chi connectivity index (χ0) is 18.9. The lowest BCUT2D eigenvalue weighted by Gasteiger charge is -2.30. The van der Waals surface area contributed by atoms with Crippen molar-refractivity contribution in [1.82, 2.24) is 10.6 Å². The fourth-order valence-corrected chi connectivity index (χ4v) is 5.03. The molecule has 0 aromatic heterocycles. The number of rotatable bonds is 7. The minimum Gasteiger partial charge on any atom is -0.357 e. The van der Waals surface area contributed by atoms with Crippen molar-refractivity contribution < 1.29 is 8.60 Å². The molecule has 1 aliphatic rings. The van der Waals surface area contributed by atoms with Crippen LogP contribution in [0.3, 0.4) is 0 Å². The van der Waals surface area contributed by atoms with Crippen molar-refractivity contribution in [1.29, 1.82) is 0 Å². The minimum atomic E-state index is -0.723. The van der Waals surface area contributed by atoms with Crippen LogP contribution in [-0.4, -0.2) is 40.3 Å². The molecule has 0 radical (unpaired) electrons. The molecule has 3 unspecified atom stereocenters. The van der Waals surface area contributed by atoms with Gasteiger partial charge < -0.3 is 10.6 Å². The lowest BCUT2D eigenvalue weighted by molar-refractivity contribution is 0.413. The Hall–Kier alpha value is -0.220. The molecule has 154 valence electrons. The summed E-state index contributed by atoms with van der Waals surface area (Å²) in [4.78, 5) is 4.65. The van der Waals surface area contributed by atoms with E-state index in [1.54, 1.807) is 12.1 Å². The highest BCUT2D eigenvalue weighted by atomic mass is 127. The fourth-order valence-electron chi connectivity index (χ4n) is 3.26. The molecule has 1 aromatic rings. The Bertz CT molecular complexity index is 647. The van der Waals surface area contributed by atoms with Gasteiger partial charge in [-0.05, 0) is 66.2 Å². The molecular formula is C19H30BrFIN3OS. The van der Waals surface area contributed by atoms with Gasteiger partial charge in [0, 0.05) is 40.9 Å². The molecular weight excluding hydrogens is 544 g/mol. The third kappa shape index (κ3) is 8.35. The highest BCUT2D eigenvalue weighted by Gasteiger charge is 2.25. The van der Waals surface area contributed by atoms with Gasteiger partial charge >= 0.3 is 0 Å². The van der Waals surface area contributed by atoms with Gasteiger partial charge in [0.25, 0.3) is 0 Å². The van der Waals surface area contributed by atoms with E-state index in [1.807, 2.05) is 13.8 Å². The predicted molar refractivity (Wildman–Crippen MR) is 127 cm³/mol. The highest BCUT2D eigenvalue weighted by Crippen LogP contribution is 2.23. The Labute approximate surface area is 190 Å². The van der Waals surface area contributed by atoms with Crippen LogP contribution < -0.4 is 10.6 Å². The smallest absolute Gasteiger partial charge is 0.191 e. The normalized spacial score (nSPS) is 21.3. The van der Waals surface area contributed by atoms with Gasteiger partial charge in [-0.3, -0.25) is 9.20 Å². The second-order valence-corrected chi connectivity index (χ2v) is 9.42. The first-order valence-corrected chi connectivity index (χ1v) is 11.6. The average Bonchev–Trinajstić information content (AvgIpc) is 2.64. The van der Waals surface area contributed by atoms with Crippen LogP contribution in [0, 0.1) is 5.82 Å². The van der Waals surface area contributed by atoms with Gasteiger partial charge in [0.1, 0.15) is 5.82 Å². The quantitative estimate of drug-likeness (QED) is 0.289. The Morgan fingerprint density at radius 2 is 2.15 bits per heavy atom. The third-order valence-electron chi connectivity index (χ3n) is 4.62. The van der Waals surface area contributed by atoms with E-state index < -0.39 is 10.8 Å². The van der Waals surface area contributed by atoms with Gasteiger partial charge in [-0.1, -0.05) is 19.4 Å². The second-order valence-electron chi connectivity index (χ2n) is 6.56. The summed E-state index contributed by atoms with van der Waals surface area (Å²) in [5.41, 5.74) is 1.05. The summed E-state index contributed by atoms with van der Waals surface area (Å²) in [5.74, 6) is 1.30. The first kappa shape index (κ1) is 24.8. The molecule has 0 aliphatic heterocycles. The van der Waals surface area contributed by atoms with E-state index in [4.69, 9.17) is 0 Å². The zero-order valence-corrected chi connectivity index (χ0v) is 20.7. The van der Waals surface area contributed by atoms with E-state index in [9.17, 15) is 8.60 Å². The van der Waals surface area contributed by atoms with Gasteiger partial charge in [0.05, 0.1) is 4.47 Å². The van der Waals surface area contributed by atoms with Crippen LogP contribution in [0.2, 0.25) is 0 Å². The van der Waals surface area contributed by atoms with Crippen molar-refractivity contribution in [2.75, 3.05) is 18.8 Å². The maximum atomic E-state index is 13.3. The van der Waals surface area contributed by atoms with Crippen LogP contribution in [0.1, 0.15) is 45.1 Å². The topological polar surface area (TPSA) is 53.5 Å². The molecule has 3 atom stereocenters. The standard InChI is InChI=1S/C19H29BrFN3OS.HI/c1-3-22-19(23-11-10-14-8-9-18(21)17(20)12-14)24-15-6-5-7-16(13-15)26(25)4-2;/h8-9,12,15-16H,3-7,10-11,13H2,1-2H3,(H2,22,23,24);1H. The monoisotopic (exact) mass is 573 g/mol. The molecule has 0 saturated heterocycles. The summed E-state index contributed by atoms with van der Waals surface area (Å²) in [6.07, 6.45) is 4.95. The van der Waals surface area contributed by atoms with Crippen LogP contribution in [0.25, 0.3) is 0 Å². The van der Waals surface area contributed by atoms with Crippen molar-refractivity contribution in [3.63, 3.8) is 0 Å². The predicted octanol–water partition coefficient (Wildman–Crippen LogP) is 4.38. The number of benzene rings is 1. The first-order chi connectivity index (χ1) is 12.5. The van der Waals surface area contributed by atoms with E-state index in [0.717, 1.165) is 55.9 Å². The molecule has 27 heavy (non-hydrogen) atoms. The molecule has 0 bridgehead atoms. The summed E-state index contributed by atoms with van der Waals surface area (Å²) in [5, 5.41) is 7.09. The molecule has 8 heteroatoms. The van der Waals surface area contributed by atoms with Crippen molar-refractivity contribution in [3.8, 4) is 0 Å². The first-order valence-electron chi connectivity index (χ1n) is 9.39. The summed E-state index contributed by atoms with van der Waals surface area (Å²) in [7, 11) is -0.723. The van der Waals surface area contributed by atoms with Crippen molar-refractivity contribution in [3.05, 3.63) is 34.1 Å². The summed E-state index contributed by atoms with van der Waals surface area (Å²) < 4.78 is 25.9. The number of halogens is 3. The largest absolute Gasteiger partial charge is 0.357 e. The van der Waals surface area contributed by atoms with Crippen LogP contribution in [0.5, 0.6) is 0 Å². The number of nitrogens with zero attached hydrogens (tertiary/aromatic N) is 1. The van der Waals surface area contributed by atoms with Crippen molar-refractivity contribution in [2.24, 2.45) is 4.99 Å². The van der Waals surface area contributed by atoms with Crippen molar-refractivity contribution in [2.45, 2.75) is 57.2 Å². The van der Waals surface area contributed by atoms with E-state index in [-0.39, 0.29) is 29.8 Å².